The third-order valence-corrected chi connectivity index (χ3v) is 6.97. The fraction of sp³-hybridized carbons (Fsp3) is 0.462. The van der Waals surface area contributed by atoms with Crippen molar-refractivity contribution >= 4 is 22.9 Å². The average molecular weight is 432 g/mol. The number of fused-ring (bicyclic) bond motifs is 1. The van der Waals surface area contributed by atoms with Gasteiger partial charge in [0.1, 0.15) is 0 Å². The predicted octanol–water partition coefficient (Wildman–Crippen LogP) is 3.87. The molecule has 2 aliphatic heterocycles. The molecule has 1 aromatic heterocycles. The molecular formula is C26H33N5O. The molecule has 0 atom stereocenters. The molecular weight excluding hydrogens is 398 g/mol. The second-order valence-corrected chi connectivity index (χ2v) is 9.39. The van der Waals surface area contributed by atoms with Gasteiger partial charge in [0.2, 0.25) is 11.9 Å². The van der Waals surface area contributed by atoms with E-state index in [2.05, 4.69) is 75.6 Å². The number of hydrogen-bond donors (Lipinski definition) is 2. The normalized spacial score (nSPS) is 18.8. The fourth-order valence-electron chi connectivity index (χ4n) is 5.01. The molecule has 1 amide bonds. The number of amides is 1. The minimum Gasteiger partial charge on any atom is -0.353 e. The van der Waals surface area contributed by atoms with Crippen LogP contribution in [0.2, 0.25) is 0 Å². The molecule has 32 heavy (non-hydrogen) atoms. The Hall–Kier alpha value is -2.86. The number of aromatic nitrogens is 2. The number of nitrogens with zero attached hydrogens (tertiary/aromatic N) is 3. The SMILES string of the molecule is Cc1ccc2nc(N3CCC(C(=O)NC4CCN(Cc5ccccc5)CC4)CC3)[nH]c2c1. The number of aromatic amines is 1. The molecule has 2 saturated heterocycles. The summed E-state index contributed by atoms with van der Waals surface area (Å²) in [7, 11) is 0. The van der Waals surface area contributed by atoms with Gasteiger partial charge in [-0.1, -0.05) is 36.4 Å². The van der Waals surface area contributed by atoms with Gasteiger partial charge in [-0.25, -0.2) is 4.98 Å². The monoisotopic (exact) mass is 431 g/mol. The molecule has 168 valence electrons. The number of imidazole rings is 1. The number of carbonyl (C=O) groups excluding carboxylic acids is 1. The van der Waals surface area contributed by atoms with Crippen LogP contribution in [0.5, 0.6) is 0 Å². The minimum absolute atomic E-state index is 0.111. The first-order chi connectivity index (χ1) is 15.6. The van der Waals surface area contributed by atoms with Crippen molar-refractivity contribution < 1.29 is 4.79 Å². The highest BCUT2D eigenvalue weighted by molar-refractivity contribution is 5.80. The predicted molar refractivity (Wildman–Crippen MR) is 129 cm³/mol. The third-order valence-electron chi connectivity index (χ3n) is 6.97. The summed E-state index contributed by atoms with van der Waals surface area (Å²) in [5.74, 6) is 1.28. The van der Waals surface area contributed by atoms with E-state index in [1.807, 2.05) is 0 Å². The van der Waals surface area contributed by atoms with Crippen LogP contribution in [0.15, 0.2) is 48.5 Å². The summed E-state index contributed by atoms with van der Waals surface area (Å²) < 4.78 is 0. The lowest BCUT2D eigenvalue weighted by Gasteiger charge is -2.35. The third kappa shape index (κ3) is 4.80. The van der Waals surface area contributed by atoms with E-state index in [0.717, 1.165) is 75.4 Å². The van der Waals surface area contributed by atoms with E-state index in [1.54, 1.807) is 0 Å². The van der Waals surface area contributed by atoms with Crippen molar-refractivity contribution in [1.29, 1.82) is 0 Å². The molecule has 2 aromatic carbocycles. The van der Waals surface area contributed by atoms with Crippen LogP contribution in [0.3, 0.4) is 0 Å². The van der Waals surface area contributed by atoms with Crippen molar-refractivity contribution in [1.82, 2.24) is 20.2 Å². The number of H-pyrrole nitrogens is 1. The molecule has 0 bridgehead atoms. The van der Waals surface area contributed by atoms with E-state index in [1.165, 1.54) is 11.1 Å². The van der Waals surface area contributed by atoms with Gasteiger partial charge in [0.25, 0.3) is 0 Å². The number of aryl methyl sites for hydroxylation is 1. The lowest BCUT2D eigenvalue weighted by atomic mass is 9.95. The second-order valence-electron chi connectivity index (χ2n) is 9.39. The van der Waals surface area contributed by atoms with E-state index in [0.29, 0.717) is 6.04 Å². The number of rotatable bonds is 5. The summed E-state index contributed by atoms with van der Waals surface area (Å²) in [5.41, 5.74) is 4.68. The van der Waals surface area contributed by atoms with Crippen molar-refractivity contribution in [3.8, 4) is 0 Å². The summed E-state index contributed by atoms with van der Waals surface area (Å²) in [5, 5.41) is 3.35. The first kappa shape index (κ1) is 21.0. The maximum atomic E-state index is 12.9. The molecule has 3 heterocycles. The van der Waals surface area contributed by atoms with Crippen LogP contribution < -0.4 is 10.2 Å². The van der Waals surface area contributed by atoms with Crippen LogP contribution in [0.25, 0.3) is 11.0 Å². The molecule has 0 unspecified atom stereocenters. The quantitative estimate of drug-likeness (QED) is 0.644. The second kappa shape index (κ2) is 9.33. The lowest BCUT2D eigenvalue weighted by molar-refractivity contribution is -0.126. The van der Waals surface area contributed by atoms with Gasteiger partial charge < -0.3 is 15.2 Å². The summed E-state index contributed by atoms with van der Waals surface area (Å²) in [4.78, 5) is 25.9. The summed E-state index contributed by atoms with van der Waals surface area (Å²) in [6, 6.07) is 17.2. The Balaban J connectivity index is 1.08. The van der Waals surface area contributed by atoms with Gasteiger partial charge in [0, 0.05) is 44.7 Å². The molecule has 5 rings (SSSR count). The van der Waals surface area contributed by atoms with E-state index < -0.39 is 0 Å². The molecule has 6 nitrogen and oxygen atoms in total. The summed E-state index contributed by atoms with van der Waals surface area (Å²) >= 11 is 0. The highest BCUT2D eigenvalue weighted by atomic mass is 16.2. The van der Waals surface area contributed by atoms with Crippen molar-refractivity contribution in [3.63, 3.8) is 0 Å². The number of anilines is 1. The van der Waals surface area contributed by atoms with Gasteiger partial charge in [-0.2, -0.15) is 0 Å². The van der Waals surface area contributed by atoms with Gasteiger partial charge in [-0.05, 0) is 55.9 Å². The number of piperidine rings is 2. The zero-order valence-electron chi connectivity index (χ0n) is 18.9. The molecule has 3 aromatic rings. The van der Waals surface area contributed by atoms with Crippen LogP contribution in [0, 0.1) is 12.8 Å². The number of carbonyl (C=O) groups is 1. The number of nitrogens with one attached hydrogen (secondary N) is 2. The minimum atomic E-state index is 0.111. The maximum Gasteiger partial charge on any atom is 0.223 e. The van der Waals surface area contributed by atoms with Gasteiger partial charge >= 0.3 is 0 Å². The van der Waals surface area contributed by atoms with Gasteiger partial charge in [0.05, 0.1) is 11.0 Å². The highest BCUT2D eigenvalue weighted by Gasteiger charge is 2.29. The molecule has 0 aliphatic carbocycles. The van der Waals surface area contributed by atoms with Crippen LogP contribution in [-0.2, 0) is 11.3 Å². The number of benzene rings is 2. The Morgan fingerprint density at radius 1 is 1.03 bits per heavy atom. The van der Waals surface area contributed by atoms with E-state index in [4.69, 9.17) is 4.98 Å². The number of likely N-dealkylation sites (tertiary alicyclic amines) is 1. The van der Waals surface area contributed by atoms with Crippen LogP contribution in [0.4, 0.5) is 5.95 Å². The Kier molecular flexibility index (Phi) is 6.12. The van der Waals surface area contributed by atoms with Crippen LogP contribution in [0.1, 0.15) is 36.8 Å². The zero-order chi connectivity index (χ0) is 21.9. The lowest BCUT2D eigenvalue weighted by Crippen LogP contribution is -2.48. The first-order valence-corrected chi connectivity index (χ1v) is 11.9. The Morgan fingerprint density at radius 2 is 1.78 bits per heavy atom. The molecule has 0 spiro atoms. The van der Waals surface area contributed by atoms with E-state index in [9.17, 15) is 4.79 Å². The van der Waals surface area contributed by atoms with Crippen molar-refractivity contribution in [3.05, 3.63) is 59.7 Å². The topological polar surface area (TPSA) is 64.3 Å². The van der Waals surface area contributed by atoms with Gasteiger partial charge in [-0.3, -0.25) is 9.69 Å². The maximum absolute atomic E-state index is 12.9. The largest absolute Gasteiger partial charge is 0.353 e. The molecule has 0 radical (unpaired) electrons. The summed E-state index contributed by atoms with van der Waals surface area (Å²) in [6.07, 6.45) is 3.84. The van der Waals surface area contributed by atoms with Crippen molar-refractivity contribution in [2.75, 3.05) is 31.1 Å². The highest BCUT2D eigenvalue weighted by Crippen LogP contribution is 2.25. The summed E-state index contributed by atoms with van der Waals surface area (Å²) in [6.45, 7) is 6.92. The van der Waals surface area contributed by atoms with Crippen LogP contribution in [-0.4, -0.2) is 53.0 Å². The molecule has 0 saturated carbocycles. The van der Waals surface area contributed by atoms with E-state index in [-0.39, 0.29) is 11.8 Å². The average Bonchev–Trinajstić information content (AvgIpc) is 3.24. The Bertz CT molecular complexity index is 1050. The Morgan fingerprint density at radius 3 is 2.53 bits per heavy atom. The molecule has 6 heteroatoms. The van der Waals surface area contributed by atoms with Crippen LogP contribution >= 0.6 is 0 Å². The molecule has 2 aliphatic rings. The van der Waals surface area contributed by atoms with E-state index >= 15 is 0 Å². The Labute approximate surface area is 190 Å². The smallest absolute Gasteiger partial charge is 0.223 e. The van der Waals surface area contributed by atoms with Crippen molar-refractivity contribution in [2.45, 2.75) is 45.2 Å². The fourth-order valence-corrected chi connectivity index (χ4v) is 5.01. The van der Waals surface area contributed by atoms with Gasteiger partial charge in [0.15, 0.2) is 0 Å². The van der Waals surface area contributed by atoms with Crippen molar-refractivity contribution in [2.24, 2.45) is 5.92 Å². The standard InChI is InChI=1S/C26H33N5O/c1-19-7-8-23-24(17-19)29-26(28-23)31-15-9-21(10-16-31)25(32)27-22-11-13-30(14-12-22)18-20-5-3-2-4-6-20/h2-8,17,21-22H,9-16,18H2,1H3,(H,27,32)(H,28,29). The van der Waals surface area contributed by atoms with Gasteiger partial charge in [-0.15, -0.1) is 0 Å². The number of hydrogen-bond acceptors (Lipinski definition) is 4. The zero-order valence-corrected chi connectivity index (χ0v) is 18.9. The molecule has 2 N–H and O–H groups in total. The first-order valence-electron chi connectivity index (χ1n) is 11.9. The molecule has 2 fully saturated rings.